The summed E-state index contributed by atoms with van der Waals surface area (Å²) in [6.07, 6.45) is 0. The lowest BCUT2D eigenvalue weighted by atomic mass is 10.2. The zero-order valence-electron chi connectivity index (χ0n) is 11.1. The summed E-state index contributed by atoms with van der Waals surface area (Å²) in [5, 5.41) is 3.47. The van der Waals surface area contributed by atoms with Crippen molar-refractivity contribution in [3.05, 3.63) is 30.1 Å². The first kappa shape index (κ1) is 11.7. The van der Waals surface area contributed by atoms with Crippen molar-refractivity contribution in [3.8, 4) is 0 Å². The van der Waals surface area contributed by atoms with E-state index in [2.05, 4.69) is 47.0 Å². The van der Waals surface area contributed by atoms with E-state index in [1.54, 1.807) is 0 Å². The fourth-order valence-electron chi connectivity index (χ4n) is 2.69. The number of hydrogen-bond donors (Lipinski definition) is 1. The number of benzene rings is 1. The van der Waals surface area contributed by atoms with Crippen LogP contribution in [0.2, 0.25) is 0 Å². The molecule has 3 rings (SSSR count). The SMILES string of the molecule is C[C@@H]1CN(Cc2nc3ccccc3n2C)CCN1. The van der Waals surface area contributed by atoms with Crippen molar-refractivity contribution in [2.24, 2.45) is 7.05 Å². The molecule has 2 heterocycles. The van der Waals surface area contributed by atoms with E-state index in [9.17, 15) is 0 Å². The molecular weight excluding hydrogens is 224 g/mol. The Balaban J connectivity index is 1.84. The number of hydrogen-bond acceptors (Lipinski definition) is 3. The van der Waals surface area contributed by atoms with Crippen LogP contribution in [-0.4, -0.2) is 40.1 Å². The number of fused-ring (bicyclic) bond motifs is 1. The summed E-state index contributed by atoms with van der Waals surface area (Å²) >= 11 is 0. The number of nitrogens with one attached hydrogen (secondary N) is 1. The molecule has 1 fully saturated rings. The first-order chi connectivity index (χ1) is 8.74. The number of rotatable bonds is 2. The van der Waals surface area contributed by atoms with Crippen LogP contribution in [0.3, 0.4) is 0 Å². The molecule has 1 atom stereocenters. The molecule has 0 amide bonds. The lowest BCUT2D eigenvalue weighted by Crippen LogP contribution is -2.48. The Kier molecular flexibility index (Phi) is 3.06. The topological polar surface area (TPSA) is 33.1 Å². The molecule has 1 aromatic heterocycles. The third kappa shape index (κ3) is 2.13. The van der Waals surface area contributed by atoms with Gasteiger partial charge in [-0.3, -0.25) is 4.90 Å². The van der Waals surface area contributed by atoms with Crippen LogP contribution in [-0.2, 0) is 13.6 Å². The zero-order valence-corrected chi connectivity index (χ0v) is 11.1. The average molecular weight is 244 g/mol. The predicted molar refractivity (Wildman–Crippen MR) is 73.5 cm³/mol. The van der Waals surface area contributed by atoms with Gasteiger partial charge in [0.15, 0.2) is 0 Å². The Bertz CT molecular complexity index is 546. The summed E-state index contributed by atoms with van der Waals surface area (Å²) < 4.78 is 2.21. The molecular formula is C14H20N4. The van der Waals surface area contributed by atoms with Gasteiger partial charge in [-0.15, -0.1) is 0 Å². The van der Waals surface area contributed by atoms with E-state index in [1.165, 1.54) is 5.52 Å². The van der Waals surface area contributed by atoms with Crippen molar-refractivity contribution in [1.82, 2.24) is 19.8 Å². The smallest absolute Gasteiger partial charge is 0.123 e. The van der Waals surface area contributed by atoms with Crippen LogP contribution in [0.5, 0.6) is 0 Å². The molecule has 2 aromatic rings. The van der Waals surface area contributed by atoms with Crippen molar-refractivity contribution in [2.45, 2.75) is 19.5 Å². The number of piperazine rings is 1. The molecule has 1 aliphatic rings. The predicted octanol–water partition coefficient (Wildman–Crippen LogP) is 1.37. The second-order valence-corrected chi connectivity index (χ2v) is 5.17. The number of aryl methyl sites for hydroxylation is 1. The maximum Gasteiger partial charge on any atom is 0.123 e. The van der Waals surface area contributed by atoms with Crippen molar-refractivity contribution in [2.75, 3.05) is 19.6 Å². The minimum Gasteiger partial charge on any atom is -0.330 e. The Hall–Kier alpha value is -1.39. The molecule has 1 aliphatic heterocycles. The van der Waals surface area contributed by atoms with E-state index in [0.29, 0.717) is 6.04 Å². The van der Waals surface area contributed by atoms with Gasteiger partial charge in [0, 0.05) is 32.7 Å². The largest absolute Gasteiger partial charge is 0.330 e. The second-order valence-electron chi connectivity index (χ2n) is 5.17. The van der Waals surface area contributed by atoms with Crippen LogP contribution in [0.1, 0.15) is 12.7 Å². The molecule has 0 aliphatic carbocycles. The highest BCUT2D eigenvalue weighted by atomic mass is 15.2. The molecule has 1 saturated heterocycles. The van der Waals surface area contributed by atoms with Gasteiger partial charge in [0.25, 0.3) is 0 Å². The van der Waals surface area contributed by atoms with E-state index < -0.39 is 0 Å². The minimum atomic E-state index is 0.577. The van der Waals surface area contributed by atoms with Crippen LogP contribution in [0, 0.1) is 0 Å². The highest BCUT2D eigenvalue weighted by Gasteiger charge is 2.17. The monoisotopic (exact) mass is 244 g/mol. The van der Waals surface area contributed by atoms with Crippen molar-refractivity contribution < 1.29 is 0 Å². The third-order valence-electron chi connectivity index (χ3n) is 3.70. The average Bonchev–Trinajstić information content (AvgIpc) is 2.67. The van der Waals surface area contributed by atoms with Gasteiger partial charge in [0.2, 0.25) is 0 Å². The van der Waals surface area contributed by atoms with Crippen LogP contribution < -0.4 is 5.32 Å². The number of aromatic nitrogens is 2. The molecule has 0 bridgehead atoms. The van der Waals surface area contributed by atoms with E-state index in [1.807, 2.05) is 6.07 Å². The molecule has 96 valence electrons. The molecule has 0 unspecified atom stereocenters. The second kappa shape index (κ2) is 4.71. The van der Waals surface area contributed by atoms with Crippen LogP contribution >= 0.6 is 0 Å². The van der Waals surface area contributed by atoms with Crippen molar-refractivity contribution >= 4 is 11.0 Å². The maximum absolute atomic E-state index is 4.73. The normalized spacial score (nSPS) is 21.6. The van der Waals surface area contributed by atoms with Gasteiger partial charge in [-0.05, 0) is 19.1 Å². The van der Waals surface area contributed by atoms with Gasteiger partial charge in [-0.2, -0.15) is 0 Å². The summed E-state index contributed by atoms with van der Waals surface area (Å²) in [6.45, 7) is 6.46. The minimum absolute atomic E-state index is 0.577. The van der Waals surface area contributed by atoms with E-state index >= 15 is 0 Å². The highest BCUT2D eigenvalue weighted by Crippen LogP contribution is 2.16. The van der Waals surface area contributed by atoms with Gasteiger partial charge < -0.3 is 9.88 Å². The molecule has 1 N–H and O–H groups in total. The summed E-state index contributed by atoms with van der Waals surface area (Å²) in [5.41, 5.74) is 2.31. The van der Waals surface area contributed by atoms with Gasteiger partial charge in [0.1, 0.15) is 5.82 Å². The maximum atomic E-state index is 4.73. The molecule has 1 aromatic carbocycles. The number of para-hydroxylation sites is 2. The summed E-state index contributed by atoms with van der Waals surface area (Å²) in [4.78, 5) is 7.21. The molecule has 0 spiro atoms. The zero-order chi connectivity index (χ0) is 12.5. The van der Waals surface area contributed by atoms with Crippen molar-refractivity contribution in [3.63, 3.8) is 0 Å². The first-order valence-corrected chi connectivity index (χ1v) is 6.60. The number of nitrogens with zero attached hydrogens (tertiary/aromatic N) is 3. The summed E-state index contributed by atoms with van der Waals surface area (Å²) in [6, 6.07) is 8.91. The molecule has 4 heteroatoms. The molecule has 0 saturated carbocycles. The molecule has 0 radical (unpaired) electrons. The Morgan fingerprint density at radius 1 is 1.39 bits per heavy atom. The van der Waals surface area contributed by atoms with Gasteiger partial charge >= 0.3 is 0 Å². The van der Waals surface area contributed by atoms with Gasteiger partial charge in [-0.25, -0.2) is 4.98 Å². The third-order valence-corrected chi connectivity index (χ3v) is 3.70. The van der Waals surface area contributed by atoms with Gasteiger partial charge in [-0.1, -0.05) is 12.1 Å². The standard InChI is InChI=1S/C14H20N4/c1-11-9-18(8-7-15-11)10-14-16-12-5-3-4-6-13(12)17(14)2/h3-6,11,15H,7-10H2,1-2H3/t11-/m1/s1. The fraction of sp³-hybridized carbons (Fsp3) is 0.500. The van der Waals surface area contributed by atoms with Crippen LogP contribution in [0.4, 0.5) is 0 Å². The quantitative estimate of drug-likeness (QED) is 0.866. The highest BCUT2D eigenvalue weighted by molar-refractivity contribution is 5.75. The Morgan fingerprint density at radius 3 is 3.00 bits per heavy atom. The lowest BCUT2D eigenvalue weighted by molar-refractivity contribution is 0.194. The van der Waals surface area contributed by atoms with Crippen LogP contribution in [0.15, 0.2) is 24.3 Å². The van der Waals surface area contributed by atoms with Crippen molar-refractivity contribution in [1.29, 1.82) is 0 Å². The molecule has 4 nitrogen and oxygen atoms in total. The summed E-state index contributed by atoms with van der Waals surface area (Å²) in [5.74, 6) is 1.16. The van der Waals surface area contributed by atoms with Crippen LogP contribution in [0.25, 0.3) is 11.0 Å². The van der Waals surface area contributed by atoms with Gasteiger partial charge in [0.05, 0.1) is 17.6 Å². The molecule has 18 heavy (non-hydrogen) atoms. The number of imidazole rings is 1. The van der Waals surface area contributed by atoms with E-state index in [-0.39, 0.29) is 0 Å². The lowest BCUT2D eigenvalue weighted by Gasteiger charge is -2.31. The van der Waals surface area contributed by atoms with E-state index in [0.717, 1.165) is 37.5 Å². The first-order valence-electron chi connectivity index (χ1n) is 6.60. The fourth-order valence-corrected chi connectivity index (χ4v) is 2.69. The van der Waals surface area contributed by atoms with E-state index in [4.69, 9.17) is 4.98 Å². The Labute approximate surface area is 108 Å². The Morgan fingerprint density at radius 2 is 2.22 bits per heavy atom. The summed E-state index contributed by atoms with van der Waals surface area (Å²) in [7, 11) is 2.11.